The second kappa shape index (κ2) is 4.49. The number of sulfonamides is 1. The molecule has 9 heteroatoms. The van der Waals surface area contributed by atoms with Gasteiger partial charge in [-0.15, -0.1) is 0 Å². The van der Waals surface area contributed by atoms with Crippen LogP contribution in [0.4, 0.5) is 19.0 Å². The predicted octanol–water partition coefficient (Wildman–Crippen LogP) is 0.847. The number of nitrogens with zero attached hydrogens (tertiary/aromatic N) is 2. The van der Waals surface area contributed by atoms with Crippen molar-refractivity contribution in [3.8, 4) is 0 Å². The molecular formula is C8H10F3N3O2S. The summed E-state index contributed by atoms with van der Waals surface area (Å²) in [4.78, 5) is 3.08. The minimum absolute atomic E-state index is 0.181. The summed E-state index contributed by atoms with van der Waals surface area (Å²) in [6.45, 7) is -1.58. The first-order valence-electron chi connectivity index (χ1n) is 4.38. The molecule has 0 saturated heterocycles. The number of anilines is 1. The minimum Gasteiger partial charge on any atom is -0.383 e. The third-order valence-electron chi connectivity index (χ3n) is 1.89. The molecule has 0 unspecified atom stereocenters. The first-order valence-corrected chi connectivity index (χ1v) is 5.82. The third kappa shape index (κ3) is 3.30. The molecule has 96 valence electrons. The van der Waals surface area contributed by atoms with Crippen LogP contribution in [0.5, 0.6) is 0 Å². The molecule has 1 heterocycles. The van der Waals surface area contributed by atoms with Gasteiger partial charge in [0.05, 0.1) is 0 Å². The van der Waals surface area contributed by atoms with Crippen LogP contribution in [-0.2, 0) is 10.0 Å². The van der Waals surface area contributed by atoms with Gasteiger partial charge in [-0.1, -0.05) is 0 Å². The van der Waals surface area contributed by atoms with E-state index in [4.69, 9.17) is 5.73 Å². The van der Waals surface area contributed by atoms with Crippen molar-refractivity contribution in [1.29, 1.82) is 0 Å². The molecule has 0 aliphatic carbocycles. The number of aromatic nitrogens is 1. The summed E-state index contributed by atoms with van der Waals surface area (Å²) >= 11 is 0. The number of alkyl halides is 3. The summed E-state index contributed by atoms with van der Waals surface area (Å²) in [6.07, 6.45) is -3.36. The number of pyridine rings is 1. The van der Waals surface area contributed by atoms with Crippen LogP contribution < -0.4 is 5.73 Å². The van der Waals surface area contributed by atoms with Crippen molar-refractivity contribution in [2.75, 3.05) is 19.3 Å². The lowest BCUT2D eigenvalue weighted by Crippen LogP contribution is -2.36. The van der Waals surface area contributed by atoms with E-state index in [2.05, 4.69) is 4.98 Å². The Labute approximate surface area is 96.1 Å². The molecule has 1 rings (SSSR count). The first-order chi connectivity index (χ1) is 7.64. The van der Waals surface area contributed by atoms with Gasteiger partial charge in [-0.3, -0.25) is 0 Å². The molecule has 2 N–H and O–H groups in total. The highest BCUT2D eigenvalue weighted by Crippen LogP contribution is 2.23. The standard InChI is InChI=1S/C8H10F3N3O2S/c1-14(5-8(9,10)11)17(15,16)6-3-2-4-13-7(6)12/h2-4H,5H2,1H3,(H2,12,13). The Morgan fingerprint density at radius 2 is 2.06 bits per heavy atom. The molecule has 0 radical (unpaired) electrons. The molecular weight excluding hydrogens is 259 g/mol. The van der Waals surface area contributed by atoms with Crippen molar-refractivity contribution in [3.05, 3.63) is 18.3 Å². The van der Waals surface area contributed by atoms with Crippen molar-refractivity contribution in [3.63, 3.8) is 0 Å². The maximum Gasteiger partial charge on any atom is 0.402 e. The minimum atomic E-state index is -4.61. The molecule has 0 spiro atoms. The number of hydrogen-bond acceptors (Lipinski definition) is 4. The van der Waals surface area contributed by atoms with E-state index >= 15 is 0 Å². The van der Waals surface area contributed by atoms with E-state index in [1.165, 1.54) is 12.3 Å². The van der Waals surface area contributed by atoms with Gasteiger partial charge in [0, 0.05) is 13.2 Å². The zero-order valence-electron chi connectivity index (χ0n) is 8.77. The second-order valence-electron chi connectivity index (χ2n) is 3.26. The summed E-state index contributed by atoms with van der Waals surface area (Å²) in [5.74, 6) is -0.332. The summed E-state index contributed by atoms with van der Waals surface area (Å²) in [6, 6.07) is 2.38. The van der Waals surface area contributed by atoms with Crippen LogP contribution in [0.3, 0.4) is 0 Å². The third-order valence-corrected chi connectivity index (χ3v) is 3.74. The van der Waals surface area contributed by atoms with Crippen LogP contribution >= 0.6 is 0 Å². The summed E-state index contributed by atoms with van der Waals surface area (Å²) in [5, 5.41) is 0. The SMILES string of the molecule is CN(CC(F)(F)F)S(=O)(=O)c1cccnc1N. The van der Waals surface area contributed by atoms with Crippen molar-refractivity contribution in [1.82, 2.24) is 9.29 Å². The van der Waals surface area contributed by atoms with Crippen LogP contribution in [0.2, 0.25) is 0 Å². The van der Waals surface area contributed by atoms with Crippen molar-refractivity contribution in [2.24, 2.45) is 0 Å². The molecule has 0 atom stereocenters. The fourth-order valence-electron chi connectivity index (χ4n) is 1.13. The van der Waals surface area contributed by atoms with Crippen LogP contribution in [-0.4, -0.2) is 37.5 Å². The molecule has 0 amide bonds. The second-order valence-corrected chi connectivity index (χ2v) is 5.28. The van der Waals surface area contributed by atoms with Gasteiger partial charge in [-0.2, -0.15) is 17.5 Å². The Hall–Kier alpha value is -1.35. The Balaban J connectivity index is 3.09. The molecule has 0 aromatic carbocycles. The van der Waals surface area contributed by atoms with Crippen LogP contribution in [0.1, 0.15) is 0 Å². The van der Waals surface area contributed by atoms with Gasteiger partial charge in [0.1, 0.15) is 17.3 Å². The highest BCUT2D eigenvalue weighted by molar-refractivity contribution is 7.89. The molecule has 0 saturated carbocycles. The summed E-state index contributed by atoms with van der Waals surface area (Å²) in [5.41, 5.74) is 5.31. The van der Waals surface area contributed by atoms with Gasteiger partial charge in [0.15, 0.2) is 0 Å². The van der Waals surface area contributed by atoms with Crippen LogP contribution in [0.15, 0.2) is 23.2 Å². The van der Waals surface area contributed by atoms with E-state index in [1.54, 1.807) is 0 Å². The van der Waals surface area contributed by atoms with Crippen molar-refractivity contribution in [2.45, 2.75) is 11.1 Å². The van der Waals surface area contributed by atoms with Crippen molar-refractivity contribution < 1.29 is 21.6 Å². The highest BCUT2D eigenvalue weighted by atomic mass is 32.2. The summed E-state index contributed by atoms with van der Waals surface area (Å²) in [7, 11) is -3.45. The molecule has 0 fully saturated rings. The molecule has 0 bridgehead atoms. The topological polar surface area (TPSA) is 76.3 Å². The lowest BCUT2D eigenvalue weighted by Gasteiger charge is -2.19. The smallest absolute Gasteiger partial charge is 0.383 e. The Kier molecular flexibility index (Phi) is 3.62. The number of rotatable bonds is 3. The number of nitrogens with two attached hydrogens (primary N) is 1. The highest BCUT2D eigenvalue weighted by Gasteiger charge is 2.35. The lowest BCUT2D eigenvalue weighted by atomic mass is 10.5. The van der Waals surface area contributed by atoms with Gasteiger partial charge in [0.25, 0.3) is 0 Å². The Bertz CT molecular complexity index is 501. The molecule has 0 aliphatic heterocycles. The van der Waals surface area contributed by atoms with Crippen LogP contribution in [0.25, 0.3) is 0 Å². The van der Waals surface area contributed by atoms with Crippen molar-refractivity contribution >= 4 is 15.8 Å². The average Bonchev–Trinajstić information content (AvgIpc) is 2.15. The molecule has 0 aliphatic rings. The number of halogens is 3. The van der Waals surface area contributed by atoms with Gasteiger partial charge in [-0.25, -0.2) is 13.4 Å². The van der Waals surface area contributed by atoms with Gasteiger partial charge >= 0.3 is 6.18 Å². The van der Waals surface area contributed by atoms with E-state index in [0.717, 1.165) is 13.1 Å². The normalized spacial score (nSPS) is 13.0. The van der Waals surface area contributed by atoms with E-state index in [-0.39, 0.29) is 10.1 Å². The first kappa shape index (κ1) is 13.7. The molecule has 1 aromatic heterocycles. The largest absolute Gasteiger partial charge is 0.402 e. The van der Waals surface area contributed by atoms with E-state index in [1.807, 2.05) is 0 Å². The predicted molar refractivity (Wildman–Crippen MR) is 54.5 cm³/mol. The maximum atomic E-state index is 12.1. The Morgan fingerprint density at radius 3 is 2.53 bits per heavy atom. The number of hydrogen-bond donors (Lipinski definition) is 1. The number of nitrogen functional groups attached to an aromatic ring is 1. The van der Waals surface area contributed by atoms with E-state index in [0.29, 0.717) is 0 Å². The van der Waals surface area contributed by atoms with E-state index < -0.39 is 27.6 Å². The molecule has 17 heavy (non-hydrogen) atoms. The average molecular weight is 269 g/mol. The van der Waals surface area contributed by atoms with E-state index in [9.17, 15) is 21.6 Å². The molecule has 1 aromatic rings. The van der Waals surface area contributed by atoms with Gasteiger partial charge in [-0.05, 0) is 12.1 Å². The monoisotopic (exact) mass is 269 g/mol. The van der Waals surface area contributed by atoms with Gasteiger partial charge in [0.2, 0.25) is 10.0 Å². The summed E-state index contributed by atoms with van der Waals surface area (Å²) < 4.78 is 60.0. The van der Waals surface area contributed by atoms with Crippen LogP contribution in [0, 0.1) is 0 Å². The van der Waals surface area contributed by atoms with Gasteiger partial charge < -0.3 is 5.73 Å². The zero-order valence-corrected chi connectivity index (χ0v) is 9.59. The maximum absolute atomic E-state index is 12.1. The zero-order chi connectivity index (χ0) is 13.3. The fraction of sp³-hybridized carbons (Fsp3) is 0.375. The molecule has 5 nitrogen and oxygen atoms in total. The lowest BCUT2D eigenvalue weighted by molar-refractivity contribution is -0.134. The fourth-order valence-corrected chi connectivity index (χ4v) is 2.35. The Morgan fingerprint density at radius 1 is 1.47 bits per heavy atom. The quantitative estimate of drug-likeness (QED) is 0.882.